The third kappa shape index (κ3) is 2.99. The molecule has 0 saturated carbocycles. The Labute approximate surface area is 79.8 Å². The van der Waals surface area contributed by atoms with Crippen LogP contribution in [0.1, 0.15) is 27.2 Å². The van der Waals surface area contributed by atoms with Gasteiger partial charge in [-0.05, 0) is 24.1 Å². The molecule has 13 heavy (non-hydrogen) atoms. The van der Waals surface area contributed by atoms with Crippen molar-refractivity contribution in [1.82, 2.24) is 5.43 Å². The van der Waals surface area contributed by atoms with Crippen molar-refractivity contribution in [3.05, 3.63) is 23.2 Å². The molecule has 4 heteroatoms. The molecule has 0 radical (unpaired) electrons. The van der Waals surface area contributed by atoms with Crippen molar-refractivity contribution in [1.29, 1.82) is 0 Å². The summed E-state index contributed by atoms with van der Waals surface area (Å²) in [5, 5.41) is 0. The molecule has 0 unspecified atom stereocenters. The summed E-state index contributed by atoms with van der Waals surface area (Å²) >= 11 is 0. The Kier molecular flexibility index (Phi) is 4.99. The summed E-state index contributed by atoms with van der Waals surface area (Å²) < 4.78 is 0. The van der Waals surface area contributed by atoms with Gasteiger partial charge in [0.25, 0.3) is 0 Å². The van der Waals surface area contributed by atoms with E-state index in [1.165, 1.54) is 6.20 Å². The topological polar surface area (TPSA) is 90.1 Å². The van der Waals surface area contributed by atoms with Gasteiger partial charge in [0.2, 0.25) is 0 Å². The van der Waals surface area contributed by atoms with Crippen LogP contribution in [0.25, 0.3) is 0 Å². The van der Waals surface area contributed by atoms with Gasteiger partial charge < -0.3 is 16.9 Å². The largest absolute Gasteiger partial charge is 0.404 e. The molecule has 0 heterocycles. The Bertz CT molecular complexity index is 216. The first-order chi connectivity index (χ1) is 6.08. The van der Waals surface area contributed by atoms with E-state index in [1.807, 2.05) is 20.8 Å². The summed E-state index contributed by atoms with van der Waals surface area (Å²) in [5.74, 6) is 5.64. The highest BCUT2D eigenvalue weighted by Gasteiger charge is 2.09. The first-order valence-corrected chi connectivity index (χ1v) is 4.45. The van der Waals surface area contributed by atoms with Gasteiger partial charge in [0, 0.05) is 0 Å². The summed E-state index contributed by atoms with van der Waals surface area (Å²) in [6.07, 6.45) is 2.33. The number of rotatable bonds is 4. The van der Waals surface area contributed by atoms with E-state index < -0.39 is 0 Å². The molecule has 0 aromatic heterocycles. The fourth-order valence-electron chi connectivity index (χ4n) is 1.13. The van der Waals surface area contributed by atoms with Gasteiger partial charge in [-0.2, -0.15) is 0 Å². The van der Waals surface area contributed by atoms with Crippen LogP contribution in [0.4, 0.5) is 0 Å². The van der Waals surface area contributed by atoms with Crippen LogP contribution >= 0.6 is 0 Å². The SMILES string of the molecule is CCC(=C/N)/C(N)=C(\NN)C(C)C. The molecular weight excluding hydrogens is 164 g/mol. The molecule has 0 amide bonds. The molecule has 0 aliphatic rings. The van der Waals surface area contributed by atoms with Crippen LogP contribution in [-0.4, -0.2) is 0 Å². The molecule has 0 bridgehead atoms. The van der Waals surface area contributed by atoms with Gasteiger partial charge in [-0.15, -0.1) is 0 Å². The monoisotopic (exact) mass is 184 g/mol. The minimum Gasteiger partial charge on any atom is -0.404 e. The Balaban J connectivity index is 4.94. The second-order valence-corrected chi connectivity index (χ2v) is 3.17. The molecule has 0 aliphatic carbocycles. The zero-order valence-corrected chi connectivity index (χ0v) is 8.59. The number of hydrogen-bond acceptors (Lipinski definition) is 4. The van der Waals surface area contributed by atoms with Crippen molar-refractivity contribution in [3.8, 4) is 0 Å². The summed E-state index contributed by atoms with van der Waals surface area (Å²) in [7, 11) is 0. The molecular formula is C9H20N4. The number of hydrazine groups is 1. The quantitative estimate of drug-likeness (QED) is 0.291. The molecule has 76 valence electrons. The van der Waals surface area contributed by atoms with E-state index in [0.29, 0.717) is 5.70 Å². The summed E-state index contributed by atoms with van der Waals surface area (Å²) in [6, 6.07) is 0. The predicted molar refractivity (Wildman–Crippen MR) is 55.9 cm³/mol. The molecule has 0 atom stereocenters. The van der Waals surface area contributed by atoms with Crippen LogP contribution in [-0.2, 0) is 0 Å². The van der Waals surface area contributed by atoms with Gasteiger partial charge in [0.15, 0.2) is 0 Å². The highest BCUT2D eigenvalue weighted by atomic mass is 15.2. The molecule has 0 saturated heterocycles. The molecule has 7 N–H and O–H groups in total. The van der Waals surface area contributed by atoms with Crippen LogP contribution in [0.15, 0.2) is 23.2 Å². The van der Waals surface area contributed by atoms with Crippen LogP contribution in [0.2, 0.25) is 0 Å². The maximum atomic E-state index is 5.88. The second-order valence-electron chi connectivity index (χ2n) is 3.17. The Hall–Kier alpha value is -1.16. The van der Waals surface area contributed by atoms with Gasteiger partial charge in [0.05, 0.1) is 11.4 Å². The predicted octanol–water partition coefficient (Wildman–Crippen LogP) is 0.529. The van der Waals surface area contributed by atoms with Crippen LogP contribution in [0.3, 0.4) is 0 Å². The standard InChI is InChI=1S/C9H20N4/c1-4-7(5-10)8(11)9(13-12)6(2)3/h5-6,13H,4,10-12H2,1-3H3/b7-5-,9-8+. The number of nitrogens with one attached hydrogen (secondary N) is 1. The van der Waals surface area contributed by atoms with E-state index in [0.717, 1.165) is 17.7 Å². The van der Waals surface area contributed by atoms with E-state index in [2.05, 4.69) is 5.43 Å². The van der Waals surface area contributed by atoms with Crippen molar-refractivity contribution in [2.45, 2.75) is 27.2 Å². The molecule has 0 fully saturated rings. The maximum Gasteiger partial charge on any atom is 0.0570 e. The van der Waals surface area contributed by atoms with E-state index in [-0.39, 0.29) is 5.92 Å². The molecule has 0 aromatic rings. The van der Waals surface area contributed by atoms with E-state index >= 15 is 0 Å². The van der Waals surface area contributed by atoms with Crippen molar-refractivity contribution in [2.24, 2.45) is 23.2 Å². The Morgan fingerprint density at radius 1 is 1.46 bits per heavy atom. The lowest BCUT2D eigenvalue weighted by Crippen LogP contribution is -2.28. The fourth-order valence-corrected chi connectivity index (χ4v) is 1.13. The van der Waals surface area contributed by atoms with E-state index in [9.17, 15) is 0 Å². The smallest absolute Gasteiger partial charge is 0.0570 e. The average Bonchev–Trinajstić information content (AvgIpc) is 2.07. The Morgan fingerprint density at radius 3 is 2.23 bits per heavy atom. The van der Waals surface area contributed by atoms with Crippen molar-refractivity contribution >= 4 is 0 Å². The van der Waals surface area contributed by atoms with Gasteiger partial charge in [0.1, 0.15) is 0 Å². The zero-order chi connectivity index (χ0) is 10.4. The van der Waals surface area contributed by atoms with Crippen LogP contribution in [0, 0.1) is 5.92 Å². The Morgan fingerprint density at radius 2 is 2.00 bits per heavy atom. The summed E-state index contributed by atoms with van der Waals surface area (Å²) in [4.78, 5) is 0. The third-order valence-corrected chi connectivity index (χ3v) is 1.95. The number of hydrogen-bond donors (Lipinski definition) is 4. The summed E-state index contributed by atoms with van der Waals surface area (Å²) in [5.41, 5.74) is 16.3. The number of allylic oxidation sites excluding steroid dienone is 2. The van der Waals surface area contributed by atoms with E-state index in [4.69, 9.17) is 17.3 Å². The lowest BCUT2D eigenvalue weighted by atomic mass is 10.0. The van der Waals surface area contributed by atoms with Crippen molar-refractivity contribution in [2.75, 3.05) is 0 Å². The van der Waals surface area contributed by atoms with Gasteiger partial charge in [-0.3, -0.25) is 5.84 Å². The zero-order valence-electron chi connectivity index (χ0n) is 8.59. The van der Waals surface area contributed by atoms with Gasteiger partial charge in [-0.1, -0.05) is 20.8 Å². The third-order valence-electron chi connectivity index (χ3n) is 1.95. The highest BCUT2D eigenvalue weighted by molar-refractivity contribution is 5.31. The van der Waals surface area contributed by atoms with Crippen LogP contribution in [0.5, 0.6) is 0 Å². The van der Waals surface area contributed by atoms with Crippen molar-refractivity contribution < 1.29 is 0 Å². The van der Waals surface area contributed by atoms with Crippen molar-refractivity contribution in [3.63, 3.8) is 0 Å². The second kappa shape index (κ2) is 5.48. The normalized spacial score (nSPS) is 14.4. The highest BCUT2D eigenvalue weighted by Crippen LogP contribution is 2.15. The minimum absolute atomic E-state index is 0.270. The van der Waals surface area contributed by atoms with E-state index in [1.54, 1.807) is 0 Å². The molecule has 0 spiro atoms. The van der Waals surface area contributed by atoms with Gasteiger partial charge >= 0.3 is 0 Å². The molecule has 0 aromatic carbocycles. The average molecular weight is 184 g/mol. The maximum absolute atomic E-state index is 5.88. The van der Waals surface area contributed by atoms with Crippen LogP contribution < -0.4 is 22.7 Å². The molecule has 0 aliphatic heterocycles. The summed E-state index contributed by atoms with van der Waals surface area (Å²) in [6.45, 7) is 6.04. The first kappa shape index (κ1) is 11.8. The first-order valence-electron chi connectivity index (χ1n) is 4.45. The molecule has 4 nitrogen and oxygen atoms in total. The number of nitrogens with two attached hydrogens (primary N) is 3. The minimum atomic E-state index is 0.270. The van der Waals surface area contributed by atoms with Gasteiger partial charge in [-0.25, -0.2) is 0 Å². The lowest BCUT2D eigenvalue weighted by molar-refractivity contribution is 0.658. The molecule has 0 rings (SSSR count). The lowest BCUT2D eigenvalue weighted by Gasteiger charge is -2.15. The fraction of sp³-hybridized carbons (Fsp3) is 0.556.